The van der Waals surface area contributed by atoms with Crippen LogP contribution in [0.5, 0.6) is 5.75 Å². The Morgan fingerprint density at radius 2 is 1.89 bits per heavy atom. The molecular formula is C15H24O3. The van der Waals surface area contributed by atoms with Crippen molar-refractivity contribution >= 4 is 0 Å². The molecular weight excluding hydrogens is 228 g/mol. The van der Waals surface area contributed by atoms with Gasteiger partial charge in [0.2, 0.25) is 0 Å². The predicted molar refractivity (Wildman–Crippen MR) is 72.8 cm³/mol. The van der Waals surface area contributed by atoms with Gasteiger partial charge in [-0.2, -0.15) is 0 Å². The molecule has 1 aromatic rings. The Balaban J connectivity index is 2.21. The lowest BCUT2D eigenvalue weighted by Gasteiger charge is -2.10. The van der Waals surface area contributed by atoms with Gasteiger partial charge < -0.3 is 14.6 Å². The van der Waals surface area contributed by atoms with Gasteiger partial charge in [0, 0.05) is 6.61 Å². The van der Waals surface area contributed by atoms with Crippen LogP contribution in [-0.4, -0.2) is 24.9 Å². The molecule has 0 saturated carbocycles. The first-order valence-electron chi connectivity index (χ1n) is 6.58. The molecule has 0 aliphatic carbocycles. The van der Waals surface area contributed by atoms with Crippen LogP contribution in [0.1, 0.15) is 38.9 Å². The van der Waals surface area contributed by atoms with Gasteiger partial charge in [-0.1, -0.05) is 26.0 Å². The zero-order chi connectivity index (χ0) is 13.4. The van der Waals surface area contributed by atoms with Crippen LogP contribution < -0.4 is 4.74 Å². The fourth-order valence-electron chi connectivity index (χ4n) is 1.50. The third kappa shape index (κ3) is 6.03. The lowest BCUT2D eigenvalue weighted by molar-refractivity contribution is 0.0924. The molecule has 0 aliphatic heterocycles. The van der Waals surface area contributed by atoms with Gasteiger partial charge in [-0.3, -0.25) is 0 Å². The van der Waals surface area contributed by atoms with Crippen molar-refractivity contribution in [1.29, 1.82) is 0 Å². The highest BCUT2D eigenvalue weighted by Gasteiger charge is 2.02. The molecule has 1 atom stereocenters. The van der Waals surface area contributed by atoms with Crippen LogP contribution in [0, 0.1) is 5.92 Å². The smallest absolute Gasteiger partial charge is 0.119 e. The first-order valence-corrected chi connectivity index (χ1v) is 6.58. The number of rotatable bonds is 8. The number of benzene rings is 1. The zero-order valence-corrected chi connectivity index (χ0v) is 11.6. The van der Waals surface area contributed by atoms with E-state index in [2.05, 4.69) is 13.8 Å². The van der Waals surface area contributed by atoms with E-state index in [1.165, 1.54) is 0 Å². The summed E-state index contributed by atoms with van der Waals surface area (Å²) in [6.45, 7) is 8.04. The minimum atomic E-state index is -0.462. The number of hydrogen-bond donors (Lipinski definition) is 1. The maximum atomic E-state index is 9.46. The minimum Gasteiger partial charge on any atom is -0.491 e. The molecule has 0 heterocycles. The number of hydrogen-bond acceptors (Lipinski definition) is 3. The Morgan fingerprint density at radius 3 is 2.56 bits per heavy atom. The number of ether oxygens (including phenoxy) is 2. The molecule has 0 aromatic heterocycles. The summed E-state index contributed by atoms with van der Waals surface area (Å²) >= 11 is 0. The summed E-state index contributed by atoms with van der Waals surface area (Å²) in [5.74, 6) is 1.45. The van der Waals surface area contributed by atoms with Crippen LogP contribution in [0.25, 0.3) is 0 Å². The van der Waals surface area contributed by atoms with E-state index < -0.39 is 6.10 Å². The van der Waals surface area contributed by atoms with E-state index in [0.717, 1.165) is 24.3 Å². The molecule has 18 heavy (non-hydrogen) atoms. The Kier molecular flexibility index (Phi) is 6.76. The van der Waals surface area contributed by atoms with Gasteiger partial charge in [0.25, 0.3) is 0 Å². The van der Waals surface area contributed by atoms with E-state index in [1.807, 2.05) is 24.3 Å². The molecule has 0 saturated heterocycles. The average molecular weight is 252 g/mol. The van der Waals surface area contributed by atoms with Crippen molar-refractivity contribution in [3.63, 3.8) is 0 Å². The van der Waals surface area contributed by atoms with Gasteiger partial charge in [0.05, 0.1) is 12.7 Å². The van der Waals surface area contributed by atoms with Crippen LogP contribution >= 0.6 is 0 Å². The summed E-state index contributed by atoms with van der Waals surface area (Å²) in [4.78, 5) is 0. The van der Waals surface area contributed by atoms with Gasteiger partial charge in [0.15, 0.2) is 0 Å². The van der Waals surface area contributed by atoms with Crippen molar-refractivity contribution in [3.05, 3.63) is 29.8 Å². The molecule has 102 valence electrons. The average Bonchev–Trinajstić information content (AvgIpc) is 2.33. The lowest BCUT2D eigenvalue weighted by atomic mass is 10.1. The number of aliphatic hydroxyl groups is 1. The summed E-state index contributed by atoms with van der Waals surface area (Å²) < 4.78 is 11.0. The Hall–Kier alpha value is -1.06. The molecule has 0 aliphatic rings. The fourth-order valence-corrected chi connectivity index (χ4v) is 1.50. The van der Waals surface area contributed by atoms with Gasteiger partial charge in [-0.05, 0) is 37.0 Å². The molecule has 1 aromatic carbocycles. The minimum absolute atomic E-state index is 0.462. The highest BCUT2D eigenvalue weighted by Crippen LogP contribution is 2.18. The molecule has 0 unspecified atom stereocenters. The standard InChI is InChI=1S/C15H24O3/c1-12(2)7-8-17-9-10-18-15-6-4-5-14(11-15)13(3)16/h4-6,11-13,16H,7-10H2,1-3H3/t13-/m0/s1. The van der Waals surface area contributed by atoms with Crippen molar-refractivity contribution < 1.29 is 14.6 Å². The van der Waals surface area contributed by atoms with E-state index in [0.29, 0.717) is 19.1 Å². The van der Waals surface area contributed by atoms with Crippen LogP contribution in [0.3, 0.4) is 0 Å². The molecule has 0 radical (unpaired) electrons. The predicted octanol–water partition coefficient (Wildman–Crippen LogP) is 3.18. The SMILES string of the molecule is CC(C)CCOCCOc1cccc([C@H](C)O)c1. The van der Waals surface area contributed by atoms with Gasteiger partial charge in [-0.15, -0.1) is 0 Å². The molecule has 0 amide bonds. The topological polar surface area (TPSA) is 38.7 Å². The second kappa shape index (κ2) is 8.11. The van der Waals surface area contributed by atoms with Crippen LogP contribution in [0.4, 0.5) is 0 Å². The van der Waals surface area contributed by atoms with E-state index in [-0.39, 0.29) is 0 Å². The Labute approximate surface area is 110 Å². The van der Waals surface area contributed by atoms with Gasteiger partial charge in [0.1, 0.15) is 12.4 Å². The lowest BCUT2D eigenvalue weighted by Crippen LogP contribution is -2.08. The third-order valence-electron chi connectivity index (χ3n) is 2.68. The zero-order valence-electron chi connectivity index (χ0n) is 11.6. The van der Waals surface area contributed by atoms with Crippen molar-refractivity contribution in [2.24, 2.45) is 5.92 Å². The van der Waals surface area contributed by atoms with Crippen molar-refractivity contribution in [1.82, 2.24) is 0 Å². The van der Waals surface area contributed by atoms with Crippen molar-refractivity contribution in [3.8, 4) is 5.75 Å². The third-order valence-corrected chi connectivity index (χ3v) is 2.68. The first-order chi connectivity index (χ1) is 8.59. The quantitative estimate of drug-likeness (QED) is 0.722. The second-order valence-electron chi connectivity index (χ2n) is 4.89. The maximum absolute atomic E-state index is 9.46. The highest BCUT2D eigenvalue weighted by molar-refractivity contribution is 5.29. The van der Waals surface area contributed by atoms with Crippen LogP contribution in [-0.2, 0) is 4.74 Å². The molecule has 0 fully saturated rings. The summed E-state index contributed by atoms with van der Waals surface area (Å²) in [7, 11) is 0. The first kappa shape index (κ1) is 15.0. The van der Waals surface area contributed by atoms with E-state index >= 15 is 0 Å². The summed E-state index contributed by atoms with van der Waals surface area (Å²) in [6, 6.07) is 7.52. The molecule has 0 spiro atoms. The van der Waals surface area contributed by atoms with Crippen LogP contribution in [0.2, 0.25) is 0 Å². The number of aliphatic hydroxyl groups excluding tert-OH is 1. The van der Waals surface area contributed by atoms with Crippen LogP contribution in [0.15, 0.2) is 24.3 Å². The Morgan fingerprint density at radius 1 is 1.11 bits per heavy atom. The second-order valence-corrected chi connectivity index (χ2v) is 4.89. The summed E-state index contributed by atoms with van der Waals surface area (Å²) in [5, 5.41) is 9.46. The summed E-state index contributed by atoms with van der Waals surface area (Å²) in [6.07, 6.45) is 0.619. The maximum Gasteiger partial charge on any atom is 0.119 e. The Bertz CT molecular complexity index is 334. The van der Waals surface area contributed by atoms with E-state index in [1.54, 1.807) is 6.92 Å². The summed E-state index contributed by atoms with van der Waals surface area (Å²) in [5.41, 5.74) is 0.869. The highest BCUT2D eigenvalue weighted by atomic mass is 16.5. The van der Waals surface area contributed by atoms with Crippen molar-refractivity contribution in [2.45, 2.75) is 33.3 Å². The molecule has 3 heteroatoms. The molecule has 1 N–H and O–H groups in total. The van der Waals surface area contributed by atoms with Gasteiger partial charge in [-0.25, -0.2) is 0 Å². The normalized spacial score (nSPS) is 12.7. The fraction of sp³-hybridized carbons (Fsp3) is 0.600. The van der Waals surface area contributed by atoms with E-state index in [9.17, 15) is 5.11 Å². The molecule has 1 rings (SSSR count). The van der Waals surface area contributed by atoms with E-state index in [4.69, 9.17) is 9.47 Å². The monoisotopic (exact) mass is 252 g/mol. The van der Waals surface area contributed by atoms with Crippen molar-refractivity contribution in [2.75, 3.05) is 19.8 Å². The van der Waals surface area contributed by atoms with Gasteiger partial charge >= 0.3 is 0 Å². The largest absolute Gasteiger partial charge is 0.491 e. The molecule has 0 bridgehead atoms. The molecule has 3 nitrogen and oxygen atoms in total.